The van der Waals surface area contributed by atoms with Crippen LogP contribution in [0.3, 0.4) is 0 Å². The smallest absolute Gasteiger partial charge is 0.134 e. The van der Waals surface area contributed by atoms with Gasteiger partial charge in [-0.2, -0.15) is 0 Å². The largest absolute Gasteiger partial charge is 0.461 e. The summed E-state index contributed by atoms with van der Waals surface area (Å²) < 4.78 is 5.66. The molecule has 1 aromatic carbocycles. The third-order valence-electron chi connectivity index (χ3n) is 2.43. The summed E-state index contributed by atoms with van der Waals surface area (Å²) in [6.07, 6.45) is 4.21. The van der Waals surface area contributed by atoms with Crippen LogP contribution in [0.4, 0.5) is 0 Å². The average Bonchev–Trinajstić information content (AvgIpc) is 2.56. The van der Waals surface area contributed by atoms with Crippen LogP contribution in [-0.2, 0) is 0 Å². The van der Waals surface area contributed by atoms with Crippen molar-refractivity contribution in [3.05, 3.63) is 41.7 Å². The molecule has 2 nitrogen and oxygen atoms in total. The Morgan fingerprint density at radius 1 is 1.33 bits per heavy atom. The zero-order valence-corrected chi connectivity index (χ0v) is 9.08. The Morgan fingerprint density at radius 3 is 2.93 bits per heavy atom. The summed E-state index contributed by atoms with van der Waals surface area (Å²) in [6.45, 7) is 2.87. The molecule has 2 aromatic rings. The minimum absolute atomic E-state index is 0.874. The lowest BCUT2D eigenvalue weighted by atomic mass is 10.1. The Bertz CT molecular complexity index is 482. The third kappa shape index (κ3) is 1.95. The van der Waals surface area contributed by atoms with Crippen LogP contribution < -0.4 is 5.32 Å². The van der Waals surface area contributed by atoms with Crippen LogP contribution in [0.2, 0.25) is 0 Å². The summed E-state index contributed by atoms with van der Waals surface area (Å²) in [7, 11) is 1.94. The van der Waals surface area contributed by atoms with E-state index in [-0.39, 0.29) is 0 Å². The highest BCUT2D eigenvalue weighted by Gasteiger charge is 2.06. The number of nitrogens with one attached hydrogen (secondary N) is 1. The number of fused-ring (bicyclic) bond motifs is 1. The molecule has 0 bridgehead atoms. The Labute approximate surface area is 89.6 Å². The number of rotatable bonds is 3. The van der Waals surface area contributed by atoms with Crippen molar-refractivity contribution in [1.29, 1.82) is 0 Å². The second-order valence-corrected chi connectivity index (χ2v) is 3.53. The summed E-state index contributed by atoms with van der Waals surface area (Å²) in [6, 6.07) is 8.11. The van der Waals surface area contributed by atoms with Crippen LogP contribution in [-0.4, -0.2) is 13.6 Å². The van der Waals surface area contributed by atoms with Crippen LogP contribution in [0.15, 0.2) is 34.8 Å². The number of benzene rings is 1. The molecule has 0 saturated heterocycles. The minimum atomic E-state index is 0.874. The summed E-state index contributed by atoms with van der Waals surface area (Å²) in [5, 5.41) is 4.26. The molecule has 0 unspecified atom stereocenters. The van der Waals surface area contributed by atoms with Gasteiger partial charge in [-0.3, -0.25) is 0 Å². The minimum Gasteiger partial charge on any atom is -0.461 e. The van der Waals surface area contributed by atoms with E-state index in [9.17, 15) is 0 Å². The maximum atomic E-state index is 5.66. The number of aryl methyl sites for hydroxylation is 1. The fourth-order valence-corrected chi connectivity index (χ4v) is 1.69. The highest BCUT2D eigenvalue weighted by atomic mass is 16.3. The molecule has 78 valence electrons. The first kappa shape index (κ1) is 9.99. The molecule has 0 saturated carbocycles. The molecule has 1 aromatic heterocycles. The first-order chi connectivity index (χ1) is 7.33. The normalized spacial score (nSPS) is 11.6. The third-order valence-corrected chi connectivity index (χ3v) is 2.43. The molecule has 2 heteroatoms. The number of para-hydroxylation sites is 1. The van der Waals surface area contributed by atoms with E-state index in [4.69, 9.17) is 4.42 Å². The van der Waals surface area contributed by atoms with E-state index in [1.807, 2.05) is 32.2 Å². The van der Waals surface area contributed by atoms with Crippen LogP contribution in [0, 0.1) is 6.92 Å². The number of hydrogen-bond donors (Lipinski definition) is 1. The Hall–Kier alpha value is -1.54. The predicted molar refractivity (Wildman–Crippen MR) is 63.9 cm³/mol. The van der Waals surface area contributed by atoms with Crippen molar-refractivity contribution >= 4 is 17.0 Å². The molecule has 0 amide bonds. The summed E-state index contributed by atoms with van der Waals surface area (Å²) in [5.41, 5.74) is 2.14. The first-order valence-corrected chi connectivity index (χ1v) is 5.12. The monoisotopic (exact) mass is 201 g/mol. The van der Waals surface area contributed by atoms with E-state index in [2.05, 4.69) is 23.5 Å². The molecule has 1 N–H and O–H groups in total. The standard InChI is InChI=1S/C13H15NO/c1-10-11(7-5-9-14-2)12-6-3-4-8-13(12)15-10/h3-8,14H,9H2,1-2H3/b7-5+. The van der Waals surface area contributed by atoms with Gasteiger partial charge in [0, 0.05) is 17.5 Å². The van der Waals surface area contributed by atoms with Gasteiger partial charge in [0.05, 0.1) is 0 Å². The van der Waals surface area contributed by atoms with Crippen LogP contribution in [0.25, 0.3) is 17.0 Å². The maximum absolute atomic E-state index is 5.66. The molecule has 0 spiro atoms. The fraction of sp³-hybridized carbons (Fsp3) is 0.231. The van der Waals surface area contributed by atoms with Crippen molar-refractivity contribution in [2.75, 3.05) is 13.6 Å². The Kier molecular flexibility index (Phi) is 2.88. The van der Waals surface area contributed by atoms with Crippen molar-refractivity contribution in [2.24, 2.45) is 0 Å². The van der Waals surface area contributed by atoms with E-state index in [0.717, 1.165) is 17.9 Å². The first-order valence-electron chi connectivity index (χ1n) is 5.12. The molecule has 0 aliphatic heterocycles. The van der Waals surface area contributed by atoms with Crippen molar-refractivity contribution in [3.8, 4) is 0 Å². The second-order valence-electron chi connectivity index (χ2n) is 3.53. The molecule has 0 aliphatic carbocycles. The predicted octanol–water partition coefficient (Wildman–Crippen LogP) is 2.97. The lowest BCUT2D eigenvalue weighted by Gasteiger charge is -1.91. The molecule has 0 radical (unpaired) electrons. The lowest BCUT2D eigenvalue weighted by Crippen LogP contribution is -2.03. The molecule has 1 heterocycles. The Balaban J connectivity index is 2.45. The zero-order valence-electron chi connectivity index (χ0n) is 9.08. The van der Waals surface area contributed by atoms with Crippen LogP contribution >= 0.6 is 0 Å². The maximum Gasteiger partial charge on any atom is 0.134 e. The highest BCUT2D eigenvalue weighted by Crippen LogP contribution is 2.25. The van der Waals surface area contributed by atoms with Gasteiger partial charge in [0.1, 0.15) is 11.3 Å². The van der Waals surface area contributed by atoms with Gasteiger partial charge < -0.3 is 9.73 Å². The average molecular weight is 201 g/mol. The van der Waals surface area contributed by atoms with E-state index in [1.54, 1.807) is 0 Å². The van der Waals surface area contributed by atoms with E-state index in [0.29, 0.717) is 0 Å². The Morgan fingerprint density at radius 2 is 2.13 bits per heavy atom. The number of furan rings is 1. The zero-order chi connectivity index (χ0) is 10.7. The van der Waals surface area contributed by atoms with Crippen LogP contribution in [0.1, 0.15) is 11.3 Å². The molecule has 0 atom stereocenters. The molecule has 15 heavy (non-hydrogen) atoms. The lowest BCUT2D eigenvalue weighted by molar-refractivity contribution is 0.577. The molecule has 0 aliphatic rings. The van der Waals surface area contributed by atoms with Gasteiger partial charge in [-0.05, 0) is 20.0 Å². The molecule has 2 rings (SSSR count). The van der Waals surface area contributed by atoms with E-state index in [1.165, 1.54) is 10.9 Å². The second kappa shape index (κ2) is 4.32. The molecular weight excluding hydrogens is 186 g/mol. The van der Waals surface area contributed by atoms with Crippen molar-refractivity contribution < 1.29 is 4.42 Å². The van der Waals surface area contributed by atoms with Crippen molar-refractivity contribution in [2.45, 2.75) is 6.92 Å². The number of hydrogen-bond acceptors (Lipinski definition) is 2. The van der Waals surface area contributed by atoms with Gasteiger partial charge in [-0.25, -0.2) is 0 Å². The van der Waals surface area contributed by atoms with E-state index >= 15 is 0 Å². The van der Waals surface area contributed by atoms with Gasteiger partial charge in [0.2, 0.25) is 0 Å². The van der Waals surface area contributed by atoms with Gasteiger partial charge in [0.25, 0.3) is 0 Å². The highest BCUT2D eigenvalue weighted by molar-refractivity contribution is 5.88. The summed E-state index contributed by atoms with van der Waals surface area (Å²) >= 11 is 0. The van der Waals surface area contributed by atoms with Gasteiger partial charge >= 0.3 is 0 Å². The van der Waals surface area contributed by atoms with Crippen molar-refractivity contribution in [1.82, 2.24) is 5.32 Å². The fourth-order valence-electron chi connectivity index (χ4n) is 1.69. The van der Waals surface area contributed by atoms with Gasteiger partial charge in [-0.15, -0.1) is 0 Å². The van der Waals surface area contributed by atoms with Gasteiger partial charge in [0.15, 0.2) is 0 Å². The van der Waals surface area contributed by atoms with Gasteiger partial charge in [-0.1, -0.05) is 30.4 Å². The van der Waals surface area contributed by atoms with Crippen molar-refractivity contribution in [3.63, 3.8) is 0 Å². The SMILES string of the molecule is CNC/C=C/c1c(C)oc2ccccc12. The van der Waals surface area contributed by atoms with Crippen LogP contribution in [0.5, 0.6) is 0 Å². The summed E-state index contributed by atoms with van der Waals surface area (Å²) in [4.78, 5) is 0. The quantitative estimate of drug-likeness (QED) is 0.825. The topological polar surface area (TPSA) is 25.2 Å². The number of likely N-dealkylation sites (N-methyl/N-ethyl adjacent to an activating group) is 1. The summed E-state index contributed by atoms with van der Waals surface area (Å²) in [5.74, 6) is 0.976. The molecular formula is C13H15NO. The molecule has 0 fully saturated rings. The van der Waals surface area contributed by atoms with E-state index < -0.39 is 0 Å².